The van der Waals surface area contributed by atoms with Crippen LogP contribution in [0.1, 0.15) is 166 Å². The number of allylic oxidation sites excluding steroid dienone is 20. The number of hydrogen-bond acceptors (Lipinski definition) is 0. The molecule has 0 N–H and O–H groups in total. The lowest BCUT2D eigenvalue weighted by atomic mass is 9.89. The number of hydrogen-bond donors (Lipinski definition) is 0. The van der Waals surface area contributed by atoms with E-state index in [1.54, 1.807) is 0 Å². The summed E-state index contributed by atoms with van der Waals surface area (Å²) in [5.41, 5.74) is 2.32. The van der Waals surface area contributed by atoms with Gasteiger partial charge in [-0.2, -0.15) is 0 Å². The molecule has 0 bridgehead atoms. The van der Waals surface area contributed by atoms with E-state index in [2.05, 4.69) is 288 Å². The van der Waals surface area contributed by atoms with Crippen LogP contribution in [0, 0.1) is 43.3 Å². The molecule has 0 nitrogen and oxygen atoms in total. The van der Waals surface area contributed by atoms with Gasteiger partial charge < -0.3 is 0 Å². The van der Waals surface area contributed by atoms with E-state index < -0.39 is 0 Å². The van der Waals surface area contributed by atoms with Crippen LogP contribution < -0.4 is 0 Å². The van der Waals surface area contributed by atoms with Crippen molar-refractivity contribution in [2.75, 3.05) is 0 Å². The maximum absolute atomic E-state index is 2.27. The van der Waals surface area contributed by atoms with Gasteiger partial charge in [0.2, 0.25) is 0 Å². The molecule has 0 rings (SSSR count). The maximum atomic E-state index is 2.27. The first-order valence-corrected chi connectivity index (χ1v) is 19.6. The molecule has 0 aromatic rings. The first-order valence-electron chi connectivity index (χ1n) is 19.6. The fourth-order valence-electron chi connectivity index (χ4n) is 2.95. The molecule has 0 aliphatic rings. The molecule has 0 heterocycles. The topological polar surface area (TPSA) is 0 Å². The lowest BCUT2D eigenvalue weighted by Crippen LogP contribution is -2.04. The summed E-state index contributed by atoms with van der Waals surface area (Å²) in [6.45, 7) is 52.9. The molecule has 0 heteroatoms. The van der Waals surface area contributed by atoms with Crippen molar-refractivity contribution in [2.45, 2.75) is 166 Å². The van der Waals surface area contributed by atoms with Crippen molar-refractivity contribution in [1.82, 2.24) is 0 Å². The van der Waals surface area contributed by atoms with Gasteiger partial charge in [0.25, 0.3) is 0 Å². The summed E-state index contributed by atoms with van der Waals surface area (Å²) in [6.07, 6.45) is 42.8. The highest BCUT2D eigenvalue weighted by atomic mass is 14.1. The Labute approximate surface area is 329 Å². The zero-order valence-electron chi connectivity index (χ0n) is 39.5. The molecule has 52 heavy (non-hydrogen) atoms. The van der Waals surface area contributed by atoms with Crippen molar-refractivity contribution in [3.8, 4) is 0 Å². The lowest BCUT2D eigenvalue weighted by Gasteiger charge is -2.17. The van der Waals surface area contributed by atoms with Gasteiger partial charge in [0.1, 0.15) is 0 Å². The van der Waals surface area contributed by atoms with Gasteiger partial charge in [-0.3, -0.25) is 0 Å². The van der Waals surface area contributed by atoms with Crippen molar-refractivity contribution >= 4 is 0 Å². The summed E-state index contributed by atoms with van der Waals surface area (Å²) in [6, 6.07) is 0. The zero-order valence-corrected chi connectivity index (χ0v) is 39.5. The third kappa shape index (κ3) is 73.0. The van der Waals surface area contributed by atoms with Crippen LogP contribution >= 0.6 is 0 Å². The Balaban J connectivity index is -0.000000300. The van der Waals surface area contributed by atoms with Crippen molar-refractivity contribution in [1.29, 1.82) is 0 Å². The fraction of sp³-hybridized carbons (Fsp3) is 0.615. The minimum atomic E-state index is 0.264. The van der Waals surface area contributed by atoms with Gasteiger partial charge in [0.05, 0.1) is 0 Å². The van der Waals surface area contributed by atoms with E-state index in [1.165, 1.54) is 0 Å². The van der Waals surface area contributed by atoms with E-state index in [9.17, 15) is 0 Å². The molecule has 0 radical (unpaired) electrons. The average molecular weight is 717 g/mol. The van der Waals surface area contributed by atoms with Gasteiger partial charge in [-0.1, -0.05) is 288 Å². The van der Waals surface area contributed by atoms with Crippen LogP contribution in [0.5, 0.6) is 0 Å². The van der Waals surface area contributed by atoms with E-state index >= 15 is 0 Å². The summed E-state index contributed by atoms with van der Waals surface area (Å²) < 4.78 is 0. The Morgan fingerprint density at radius 3 is 0.346 bits per heavy atom. The van der Waals surface area contributed by atoms with Crippen molar-refractivity contribution in [3.63, 3.8) is 0 Å². The Hall–Kier alpha value is -2.60. The normalized spacial score (nSPS) is 14.9. The van der Waals surface area contributed by atoms with Crippen molar-refractivity contribution in [3.05, 3.63) is 122 Å². The molecule has 0 aliphatic carbocycles. The van der Waals surface area contributed by atoms with Gasteiger partial charge in [-0.25, -0.2) is 0 Å². The summed E-state index contributed by atoms with van der Waals surface area (Å²) >= 11 is 0. The predicted molar refractivity (Wildman–Crippen MR) is 247 cm³/mol. The van der Waals surface area contributed by atoms with Crippen LogP contribution in [0.3, 0.4) is 0 Å². The van der Waals surface area contributed by atoms with Crippen LogP contribution in [0.25, 0.3) is 0 Å². The lowest BCUT2D eigenvalue weighted by molar-refractivity contribution is 0.502. The Bertz CT molecular complexity index is 1080. The second-order valence-electron chi connectivity index (χ2n) is 22.6. The zero-order chi connectivity index (χ0) is 42.1. The van der Waals surface area contributed by atoms with Crippen LogP contribution in [0.15, 0.2) is 122 Å². The molecular weight excluding hydrogens is 625 g/mol. The van der Waals surface area contributed by atoms with E-state index in [-0.39, 0.29) is 21.7 Å². The molecule has 0 saturated carbocycles. The highest BCUT2D eigenvalue weighted by molar-refractivity contribution is 5.17. The second kappa shape index (κ2) is 25.4. The van der Waals surface area contributed by atoms with Gasteiger partial charge in [-0.15, -0.1) is 0 Å². The highest BCUT2D eigenvalue weighted by Crippen LogP contribution is 2.22. The average Bonchev–Trinajstić information content (AvgIpc) is 2.86. The summed E-state index contributed by atoms with van der Waals surface area (Å²) in [5, 5.41) is 0. The quantitative estimate of drug-likeness (QED) is 0.190. The standard InChI is InChI=1S/C16H26.C14H24.C12H22.C10H20/c1-15(2,3)13-11-9-7-8-10-12-14-16(4,5)6;1-13(2,3)11-9-7-8-10-12-14(4,5)6;1-11(2,3)9-7-8-10-12(4,5)6;1-9(2,3)7-8-10(4,5)6/h7-14H,1-6H3;7-12H,1-6H3;7-10H,1-6H3;7-8H,1-6H3/b9-7+,10-8+,13-11+,14-12+;8-7+,11-9+,12-10+;9-7+,10-8+;8-7+. The van der Waals surface area contributed by atoms with Gasteiger partial charge in [0.15, 0.2) is 0 Å². The van der Waals surface area contributed by atoms with Crippen molar-refractivity contribution < 1.29 is 0 Å². The van der Waals surface area contributed by atoms with Crippen LogP contribution in [-0.2, 0) is 0 Å². The smallest absolute Gasteiger partial charge is 0.0200 e. The molecule has 300 valence electrons. The van der Waals surface area contributed by atoms with Crippen LogP contribution in [0.2, 0.25) is 0 Å². The Morgan fingerprint density at radius 2 is 0.231 bits per heavy atom. The van der Waals surface area contributed by atoms with Gasteiger partial charge in [-0.05, 0) is 43.3 Å². The van der Waals surface area contributed by atoms with E-state index in [0.717, 1.165) is 0 Å². The molecule has 0 saturated heterocycles. The molecule has 0 aromatic heterocycles. The van der Waals surface area contributed by atoms with Gasteiger partial charge >= 0.3 is 0 Å². The van der Waals surface area contributed by atoms with Crippen LogP contribution in [0.4, 0.5) is 0 Å². The third-order valence-electron chi connectivity index (χ3n) is 5.66. The SMILES string of the molecule is CC(C)(C)/C=C/C(C)(C)C.CC(C)(C)/C=C/C=C/C(C)(C)C.CC(C)(C)/C=C/C=C/C=C/C(C)(C)C.CC(C)(C)/C=C/C=C/C=C/C=C/C(C)(C)C. The minimum Gasteiger partial charge on any atom is -0.0826 e. The molecular formula is C52H92. The first kappa shape index (κ1) is 56.1. The molecule has 0 spiro atoms. The second-order valence-corrected chi connectivity index (χ2v) is 22.6. The molecule has 0 unspecified atom stereocenters. The minimum absolute atomic E-state index is 0.264. The molecule has 0 aromatic carbocycles. The van der Waals surface area contributed by atoms with Gasteiger partial charge in [0, 0.05) is 0 Å². The highest BCUT2D eigenvalue weighted by Gasteiger charge is 2.09. The molecule has 0 atom stereocenters. The monoisotopic (exact) mass is 717 g/mol. The van der Waals surface area contributed by atoms with E-state index in [4.69, 9.17) is 0 Å². The predicted octanol–water partition coefficient (Wildman–Crippen LogP) is 17.9. The summed E-state index contributed by atoms with van der Waals surface area (Å²) in [4.78, 5) is 0. The Kier molecular flexibility index (Phi) is 27.5. The fourth-order valence-corrected chi connectivity index (χ4v) is 2.95. The maximum Gasteiger partial charge on any atom is -0.0200 e. The third-order valence-corrected chi connectivity index (χ3v) is 5.66. The Morgan fingerprint density at radius 1 is 0.135 bits per heavy atom. The summed E-state index contributed by atoms with van der Waals surface area (Å²) in [5.74, 6) is 0. The number of rotatable bonds is 6. The van der Waals surface area contributed by atoms with E-state index in [0.29, 0.717) is 21.7 Å². The largest absolute Gasteiger partial charge is 0.0826 e. The molecule has 0 fully saturated rings. The van der Waals surface area contributed by atoms with E-state index in [1.807, 2.05) is 0 Å². The molecule has 0 aliphatic heterocycles. The molecule has 0 amide bonds. The summed E-state index contributed by atoms with van der Waals surface area (Å²) in [7, 11) is 0. The van der Waals surface area contributed by atoms with Crippen LogP contribution in [-0.4, -0.2) is 0 Å². The van der Waals surface area contributed by atoms with Crippen molar-refractivity contribution in [2.24, 2.45) is 43.3 Å². The first-order chi connectivity index (χ1) is 22.8.